The summed E-state index contributed by atoms with van der Waals surface area (Å²) in [5.41, 5.74) is 0.518. The summed E-state index contributed by atoms with van der Waals surface area (Å²) in [6, 6.07) is 11.4. The van der Waals surface area contributed by atoms with Crippen LogP contribution in [0.15, 0.2) is 53.4 Å². The van der Waals surface area contributed by atoms with Gasteiger partial charge in [0.25, 0.3) is 0 Å². The van der Waals surface area contributed by atoms with Crippen molar-refractivity contribution < 1.29 is 22.3 Å². The Labute approximate surface area is 170 Å². The van der Waals surface area contributed by atoms with Gasteiger partial charge in [-0.1, -0.05) is 0 Å². The van der Waals surface area contributed by atoms with Gasteiger partial charge in [-0.3, -0.25) is 9.69 Å². The van der Waals surface area contributed by atoms with Crippen LogP contribution in [0.4, 0.5) is 10.1 Å². The van der Waals surface area contributed by atoms with Crippen LogP contribution in [0, 0.1) is 5.82 Å². The van der Waals surface area contributed by atoms with E-state index in [1.807, 2.05) is 4.90 Å². The van der Waals surface area contributed by atoms with Crippen LogP contribution in [-0.4, -0.2) is 62.9 Å². The number of sulfonamides is 1. The molecule has 29 heavy (non-hydrogen) atoms. The number of halogens is 1. The van der Waals surface area contributed by atoms with Crippen molar-refractivity contribution in [3.05, 3.63) is 54.3 Å². The number of hydrogen-bond donors (Lipinski definition) is 1. The monoisotopic (exact) mass is 421 g/mol. The molecule has 1 atom stereocenters. The van der Waals surface area contributed by atoms with Crippen molar-refractivity contribution in [2.45, 2.75) is 17.9 Å². The van der Waals surface area contributed by atoms with Gasteiger partial charge in [-0.2, -0.15) is 4.31 Å². The Hall–Kier alpha value is -2.49. The Balaban J connectivity index is 1.58. The summed E-state index contributed by atoms with van der Waals surface area (Å²) in [6.07, 6.45) is 0. The molecule has 1 aliphatic heterocycles. The molecule has 1 saturated heterocycles. The third kappa shape index (κ3) is 4.92. The molecule has 1 aliphatic rings. The minimum absolute atomic E-state index is 0.217. The number of nitrogens with one attached hydrogen (secondary N) is 1. The number of piperazine rings is 1. The smallest absolute Gasteiger partial charge is 0.243 e. The molecule has 0 bridgehead atoms. The van der Waals surface area contributed by atoms with Crippen molar-refractivity contribution in [1.29, 1.82) is 0 Å². The highest BCUT2D eigenvalue weighted by Gasteiger charge is 2.31. The van der Waals surface area contributed by atoms with Crippen LogP contribution in [0.3, 0.4) is 0 Å². The zero-order valence-corrected chi connectivity index (χ0v) is 17.2. The van der Waals surface area contributed by atoms with E-state index < -0.39 is 16.1 Å². The zero-order chi connectivity index (χ0) is 21.0. The molecule has 0 aromatic heterocycles. The van der Waals surface area contributed by atoms with Gasteiger partial charge in [0.05, 0.1) is 18.0 Å². The fraction of sp³-hybridized carbons (Fsp3) is 0.350. The number of hydrogen-bond acceptors (Lipinski definition) is 5. The maximum atomic E-state index is 13.0. The summed E-state index contributed by atoms with van der Waals surface area (Å²) in [4.78, 5) is 14.6. The van der Waals surface area contributed by atoms with Crippen molar-refractivity contribution >= 4 is 21.6 Å². The van der Waals surface area contributed by atoms with Crippen LogP contribution >= 0.6 is 0 Å². The van der Waals surface area contributed by atoms with Crippen LogP contribution < -0.4 is 10.1 Å². The number of carbonyl (C=O) groups excluding carboxylic acids is 1. The second-order valence-electron chi connectivity index (χ2n) is 6.79. The molecule has 9 heteroatoms. The number of anilines is 1. The lowest BCUT2D eigenvalue weighted by Crippen LogP contribution is -2.53. The molecule has 0 spiro atoms. The van der Waals surface area contributed by atoms with E-state index in [1.165, 1.54) is 47.8 Å². The summed E-state index contributed by atoms with van der Waals surface area (Å²) in [5, 5.41) is 2.75. The van der Waals surface area contributed by atoms with E-state index in [1.54, 1.807) is 19.1 Å². The number of ether oxygens (including phenoxy) is 1. The van der Waals surface area contributed by atoms with Gasteiger partial charge < -0.3 is 10.1 Å². The van der Waals surface area contributed by atoms with Gasteiger partial charge in [-0.15, -0.1) is 0 Å². The van der Waals surface area contributed by atoms with Crippen molar-refractivity contribution in [3.63, 3.8) is 0 Å². The zero-order valence-electron chi connectivity index (χ0n) is 16.3. The first kappa shape index (κ1) is 21.2. The minimum Gasteiger partial charge on any atom is -0.497 e. The molecule has 2 aromatic rings. The van der Waals surface area contributed by atoms with E-state index in [0.29, 0.717) is 37.6 Å². The molecule has 1 fully saturated rings. The molecule has 2 aromatic carbocycles. The maximum Gasteiger partial charge on any atom is 0.243 e. The van der Waals surface area contributed by atoms with Gasteiger partial charge >= 0.3 is 0 Å². The number of benzene rings is 2. The molecule has 0 unspecified atom stereocenters. The minimum atomic E-state index is -3.59. The first-order valence-electron chi connectivity index (χ1n) is 9.26. The average Bonchev–Trinajstić information content (AvgIpc) is 2.75. The van der Waals surface area contributed by atoms with E-state index in [-0.39, 0.29) is 16.6 Å². The fourth-order valence-corrected chi connectivity index (χ4v) is 4.60. The summed E-state index contributed by atoms with van der Waals surface area (Å²) < 4.78 is 45.1. The topological polar surface area (TPSA) is 79.0 Å². The Bertz CT molecular complexity index is 941. The highest BCUT2D eigenvalue weighted by molar-refractivity contribution is 7.89. The summed E-state index contributed by atoms with van der Waals surface area (Å²) >= 11 is 0. The van der Waals surface area contributed by atoms with Crippen molar-refractivity contribution in [2.24, 2.45) is 0 Å². The van der Waals surface area contributed by atoms with Crippen molar-refractivity contribution in [1.82, 2.24) is 9.21 Å². The average molecular weight is 421 g/mol. The third-order valence-electron chi connectivity index (χ3n) is 5.01. The first-order valence-corrected chi connectivity index (χ1v) is 10.7. The van der Waals surface area contributed by atoms with E-state index in [4.69, 9.17) is 4.74 Å². The normalized spacial score (nSPS) is 16.9. The standard InChI is InChI=1S/C20H24FN3O4S/c1-15(20(25)22-17-5-3-16(21)4-6-17)23-11-13-24(14-12-23)29(26,27)19-9-7-18(28-2)8-10-19/h3-10,15H,11-14H2,1-2H3,(H,22,25)/t15-/m0/s1. The Morgan fingerprint density at radius 1 is 1.03 bits per heavy atom. The van der Waals surface area contributed by atoms with E-state index in [0.717, 1.165) is 0 Å². The quantitative estimate of drug-likeness (QED) is 0.773. The lowest BCUT2D eigenvalue weighted by molar-refractivity contribution is -0.121. The number of carbonyl (C=O) groups is 1. The van der Waals surface area contributed by atoms with Gasteiger partial charge in [-0.25, -0.2) is 12.8 Å². The second-order valence-corrected chi connectivity index (χ2v) is 8.73. The molecule has 3 rings (SSSR count). The lowest BCUT2D eigenvalue weighted by Gasteiger charge is -2.36. The van der Waals surface area contributed by atoms with E-state index in [9.17, 15) is 17.6 Å². The lowest BCUT2D eigenvalue weighted by atomic mass is 10.2. The molecule has 1 amide bonds. The van der Waals surface area contributed by atoms with Crippen LogP contribution in [0.5, 0.6) is 5.75 Å². The van der Waals surface area contributed by atoms with Gasteiger partial charge in [0.15, 0.2) is 0 Å². The molecule has 7 nitrogen and oxygen atoms in total. The SMILES string of the molecule is COc1ccc(S(=O)(=O)N2CCN([C@@H](C)C(=O)Nc3ccc(F)cc3)CC2)cc1. The Morgan fingerprint density at radius 3 is 2.17 bits per heavy atom. The predicted octanol–water partition coefficient (Wildman–Crippen LogP) is 2.17. The maximum absolute atomic E-state index is 13.0. The summed E-state index contributed by atoms with van der Waals surface area (Å²) in [6.45, 7) is 3.23. The summed E-state index contributed by atoms with van der Waals surface area (Å²) in [5.74, 6) is 0.00284. The van der Waals surface area contributed by atoms with E-state index >= 15 is 0 Å². The van der Waals surface area contributed by atoms with E-state index in [2.05, 4.69) is 5.32 Å². The molecule has 1 heterocycles. The molecule has 1 N–H and O–H groups in total. The number of nitrogens with zero attached hydrogens (tertiary/aromatic N) is 2. The van der Waals surface area contributed by atoms with Crippen LogP contribution in [0.2, 0.25) is 0 Å². The number of methoxy groups -OCH3 is 1. The highest BCUT2D eigenvalue weighted by atomic mass is 32.2. The van der Waals surface area contributed by atoms with Gasteiger partial charge in [0.1, 0.15) is 11.6 Å². The molecule has 0 radical (unpaired) electrons. The molecular formula is C20H24FN3O4S. The number of amides is 1. The second kappa shape index (κ2) is 8.89. The van der Waals surface area contributed by atoms with Gasteiger partial charge in [-0.05, 0) is 55.5 Å². The van der Waals surface area contributed by atoms with Crippen molar-refractivity contribution in [2.75, 3.05) is 38.6 Å². The Morgan fingerprint density at radius 2 is 1.62 bits per heavy atom. The van der Waals surface area contributed by atoms with Gasteiger partial charge in [0.2, 0.25) is 15.9 Å². The highest BCUT2D eigenvalue weighted by Crippen LogP contribution is 2.21. The van der Waals surface area contributed by atoms with Crippen LogP contribution in [0.1, 0.15) is 6.92 Å². The number of rotatable bonds is 6. The van der Waals surface area contributed by atoms with Crippen LogP contribution in [-0.2, 0) is 14.8 Å². The van der Waals surface area contributed by atoms with Crippen molar-refractivity contribution in [3.8, 4) is 5.75 Å². The predicted molar refractivity (Wildman–Crippen MR) is 108 cm³/mol. The molecule has 156 valence electrons. The molecule has 0 saturated carbocycles. The summed E-state index contributed by atoms with van der Waals surface area (Å²) in [7, 11) is -2.07. The van der Waals surface area contributed by atoms with Gasteiger partial charge in [0, 0.05) is 31.9 Å². The third-order valence-corrected chi connectivity index (χ3v) is 6.92. The molecule has 0 aliphatic carbocycles. The fourth-order valence-electron chi connectivity index (χ4n) is 3.17. The Kier molecular flexibility index (Phi) is 6.51. The first-order chi connectivity index (χ1) is 13.8. The largest absolute Gasteiger partial charge is 0.497 e. The van der Waals surface area contributed by atoms with Crippen LogP contribution in [0.25, 0.3) is 0 Å². The molecular weight excluding hydrogens is 397 g/mol.